The van der Waals surface area contributed by atoms with Gasteiger partial charge in [-0.2, -0.15) is 0 Å². The number of likely N-dealkylation sites (tertiary alicyclic amines) is 1. The molecule has 0 aliphatic carbocycles. The molecule has 1 saturated heterocycles. The molecular formula is C37H49FN4O5. The monoisotopic (exact) mass is 648 g/mol. The van der Waals surface area contributed by atoms with Gasteiger partial charge in [0.15, 0.2) is 11.5 Å². The molecule has 0 spiro atoms. The van der Waals surface area contributed by atoms with Crippen LogP contribution in [0.2, 0.25) is 0 Å². The van der Waals surface area contributed by atoms with Crippen molar-refractivity contribution >= 4 is 23.3 Å². The molecule has 1 aliphatic heterocycles. The van der Waals surface area contributed by atoms with E-state index >= 15 is 4.39 Å². The topological polar surface area (TPSA) is 101 Å². The highest BCUT2D eigenvalue weighted by Gasteiger charge is 2.21. The molecule has 0 radical (unpaired) electrons. The first kappa shape index (κ1) is 35.5. The number of ether oxygens (including phenoxy) is 3. The first-order valence-corrected chi connectivity index (χ1v) is 16.9. The summed E-state index contributed by atoms with van der Waals surface area (Å²) in [4.78, 5) is 27.9. The SMILES string of the molecule is CCCCN1CCC(Oc2ccc(C(=O)Nc3ccc(Oc4ccc(NC(=O)NC(CC)CC)cc4OCC)cc3F)cc2C)CC1. The maximum atomic E-state index is 15.1. The molecule has 47 heavy (non-hydrogen) atoms. The average Bonchev–Trinajstić information content (AvgIpc) is 3.06. The second-order valence-corrected chi connectivity index (χ2v) is 11.9. The first-order valence-electron chi connectivity index (χ1n) is 16.9. The van der Waals surface area contributed by atoms with E-state index < -0.39 is 11.7 Å². The van der Waals surface area contributed by atoms with E-state index in [4.69, 9.17) is 14.2 Å². The smallest absolute Gasteiger partial charge is 0.319 e. The van der Waals surface area contributed by atoms with Gasteiger partial charge < -0.3 is 35.1 Å². The number of urea groups is 1. The van der Waals surface area contributed by atoms with Crippen molar-refractivity contribution in [2.24, 2.45) is 0 Å². The van der Waals surface area contributed by atoms with Gasteiger partial charge in [0.1, 0.15) is 23.4 Å². The molecule has 0 aromatic heterocycles. The van der Waals surface area contributed by atoms with Gasteiger partial charge in [-0.25, -0.2) is 9.18 Å². The number of carbonyl (C=O) groups is 2. The third-order valence-corrected chi connectivity index (χ3v) is 8.33. The molecule has 3 aromatic rings. The molecule has 0 bridgehead atoms. The summed E-state index contributed by atoms with van der Waals surface area (Å²) in [6.45, 7) is 13.6. The lowest BCUT2D eigenvalue weighted by Crippen LogP contribution is -2.38. The fourth-order valence-electron chi connectivity index (χ4n) is 5.50. The Bertz CT molecular complexity index is 1490. The number of halogens is 1. The van der Waals surface area contributed by atoms with Crippen LogP contribution in [0.5, 0.6) is 23.0 Å². The van der Waals surface area contributed by atoms with Gasteiger partial charge in [-0.05, 0) is 101 Å². The molecule has 3 aromatic carbocycles. The third-order valence-electron chi connectivity index (χ3n) is 8.33. The van der Waals surface area contributed by atoms with E-state index in [1.807, 2.05) is 33.8 Å². The van der Waals surface area contributed by atoms with Crippen LogP contribution in [-0.2, 0) is 0 Å². The fourth-order valence-corrected chi connectivity index (χ4v) is 5.50. The van der Waals surface area contributed by atoms with Crippen molar-refractivity contribution in [1.82, 2.24) is 10.2 Å². The lowest BCUT2D eigenvalue weighted by atomic mass is 10.1. The Morgan fingerprint density at radius 2 is 1.66 bits per heavy atom. The van der Waals surface area contributed by atoms with E-state index in [-0.39, 0.29) is 29.6 Å². The predicted octanol–water partition coefficient (Wildman–Crippen LogP) is 8.53. The van der Waals surface area contributed by atoms with Gasteiger partial charge in [0, 0.05) is 42.5 Å². The molecule has 9 nitrogen and oxygen atoms in total. The Morgan fingerprint density at radius 1 is 0.915 bits per heavy atom. The summed E-state index contributed by atoms with van der Waals surface area (Å²) in [5.74, 6) is 0.668. The highest BCUT2D eigenvalue weighted by Crippen LogP contribution is 2.35. The predicted molar refractivity (Wildman–Crippen MR) is 185 cm³/mol. The van der Waals surface area contributed by atoms with Crippen LogP contribution in [0.1, 0.15) is 82.1 Å². The van der Waals surface area contributed by atoms with Gasteiger partial charge >= 0.3 is 6.03 Å². The lowest BCUT2D eigenvalue weighted by Gasteiger charge is -2.32. The largest absolute Gasteiger partial charge is 0.490 e. The van der Waals surface area contributed by atoms with Crippen LogP contribution in [0.25, 0.3) is 0 Å². The minimum absolute atomic E-state index is 0.0308. The summed E-state index contributed by atoms with van der Waals surface area (Å²) in [6, 6.07) is 14.3. The number of hydrogen-bond acceptors (Lipinski definition) is 6. The normalized spacial score (nSPS) is 13.7. The number of hydrogen-bond donors (Lipinski definition) is 3. The first-order chi connectivity index (χ1) is 22.7. The van der Waals surface area contributed by atoms with Crippen molar-refractivity contribution < 1.29 is 28.2 Å². The molecule has 0 atom stereocenters. The van der Waals surface area contributed by atoms with Crippen LogP contribution < -0.4 is 30.2 Å². The van der Waals surface area contributed by atoms with Crippen LogP contribution in [0.4, 0.5) is 20.6 Å². The number of unbranched alkanes of at least 4 members (excludes halogenated alkanes) is 1. The van der Waals surface area contributed by atoms with Crippen molar-refractivity contribution in [3.8, 4) is 23.0 Å². The fraction of sp³-hybridized carbons (Fsp3) is 0.459. The Kier molecular flexibility index (Phi) is 13.3. The van der Waals surface area contributed by atoms with Gasteiger partial charge in [0.05, 0.1) is 12.3 Å². The summed E-state index contributed by atoms with van der Waals surface area (Å²) < 4.78 is 33.1. The summed E-state index contributed by atoms with van der Waals surface area (Å²) in [5.41, 5.74) is 1.83. The maximum absolute atomic E-state index is 15.1. The number of nitrogens with one attached hydrogen (secondary N) is 3. The molecule has 4 rings (SSSR count). The Hall–Kier alpha value is -4.31. The van der Waals surface area contributed by atoms with E-state index in [0.29, 0.717) is 29.4 Å². The number of nitrogens with zero attached hydrogens (tertiary/aromatic N) is 1. The average molecular weight is 649 g/mol. The Labute approximate surface area is 278 Å². The van der Waals surface area contributed by atoms with Crippen molar-refractivity contribution in [3.05, 3.63) is 71.5 Å². The van der Waals surface area contributed by atoms with Crippen molar-refractivity contribution in [2.75, 3.05) is 36.9 Å². The van der Waals surface area contributed by atoms with E-state index in [2.05, 4.69) is 27.8 Å². The van der Waals surface area contributed by atoms with Gasteiger partial charge in [0.2, 0.25) is 0 Å². The molecule has 3 N–H and O–H groups in total. The van der Waals surface area contributed by atoms with Gasteiger partial charge in [0.25, 0.3) is 5.91 Å². The van der Waals surface area contributed by atoms with E-state index in [1.165, 1.54) is 25.0 Å². The molecule has 1 heterocycles. The van der Waals surface area contributed by atoms with E-state index in [1.54, 1.807) is 36.4 Å². The number of carbonyl (C=O) groups excluding carboxylic acids is 2. The zero-order chi connectivity index (χ0) is 33.8. The molecule has 254 valence electrons. The minimum Gasteiger partial charge on any atom is -0.490 e. The Morgan fingerprint density at radius 3 is 2.32 bits per heavy atom. The van der Waals surface area contributed by atoms with Crippen LogP contribution >= 0.6 is 0 Å². The van der Waals surface area contributed by atoms with Gasteiger partial charge in [-0.1, -0.05) is 27.2 Å². The van der Waals surface area contributed by atoms with Gasteiger partial charge in [-0.15, -0.1) is 0 Å². The summed E-state index contributed by atoms with van der Waals surface area (Å²) in [5, 5.41) is 8.41. The van der Waals surface area contributed by atoms with Crippen molar-refractivity contribution in [3.63, 3.8) is 0 Å². The van der Waals surface area contributed by atoms with Crippen LogP contribution in [0.15, 0.2) is 54.6 Å². The zero-order valence-electron chi connectivity index (χ0n) is 28.3. The van der Waals surface area contributed by atoms with Crippen LogP contribution in [0, 0.1) is 12.7 Å². The number of amides is 3. The highest BCUT2D eigenvalue weighted by molar-refractivity contribution is 6.04. The van der Waals surface area contributed by atoms with Crippen molar-refractivity contribution in [2.45, 2.75) is 85.3 Å². The zero-order valence-corrected chi connectivity index (χ0v) is 28.3. The number of benzene rings is 3. The molecule has 1 aliphatic rings. The molecule has 1 fully saturated rings. The molecule has 3 amide bonds. The second-order valence-electron chi connectivity index (χ2n) is 11.9. The minimum atomic E-state index is -0.646. The molecule has 0 saturated carbocycles. The summed E-state index contributed by atoms with van der Waals surface area (Å²) in [7, 11) is 0. The summed E-state index contributed by atoms with van der Waals surface area (Å²) >= 11 is 0. The molecular weight excluding hydrogens is 599 g/mol. The number of anilines is 2. The lowest BCUT2D eigenvalue weighted by molar-refractivity contribution is 0.0991. The number of rotatable bonds is 15. The van der Waals surface area contributed by atoms with Crippen molar-refractivity contribution in [1.29, 1.82) is 0 Å². The summed E-state index contributed by atoms with van der Waals surface area (Å²) in [6.07, 6.45) is 6.22. The maximum Gasteiger partial charge on any atom is 0.319 e. The molecule has 10 heteroatoms. The van der Waals surface area contributed by atoms with E-state index in [9.17, 15) is 9.59 Å². The second kappa shape index (κ2) is 17.6. The van der Waals surface area contributed by atoms with Gasteiger partial charge in [-0.3, -0.25) is 4.79 Å². The number of piperidine rings is 1. The highest BCUT2D eigenvalue weighted by atomic mass is 19.1. The third kappa shape index (κ3) is 10.3. The Balaban J connectivity index is 1.35. The van der Waals surface area contributed by atoms with Crippen LogP contribution in [-0.4, -0.2) is 55.2 Å². The standard InChI is InChI=1S/C37H49FN4O5/c1-6-10-19-42-20-17-29(18-21-42)46-33-15-11-26(22-25(33)5)36(43)41-32-14-13-30(24-31(32)38)47-34-16-12-28(23-35(34)45-9-4)40-37(44)39-27(7-2)8-3/h11-16,22-24,27,29H,6-10,17-21H2,1-5H3,(H,41,43)(H2,39,40,44). The molecule has 0 unspecified atom stereocenters. The number of aryl methyl sites for hydroxylation is 1. The van der Waals surface area contributed by atoms with E-state index in [0.717, 1.165) is 56.6 Å². The quantitative estimate of drug-likeness (QED) is 0.153. The van der Waals surface area contributed by atoms with Crippen LogP contribution in [0.3, 0.4) is 0 Å².